The fourth-order valence-electron chi connectivity index (χ4n) is 2.65. The second kappa shape index (κ2) is 6.83. The molecular formula is C14H12F6N4O. The molecule has 11 heteroatoms. The SMILES string of the molecule is [N-]=[N+]=NC1CCC[C@H]1NC(=O)c1cc(C(F)(F)F)cc(C(F)(F)F)c1. The van der Waals surface area contributed by atoms with Gasteiger partial charge in [-0.1, -0.05) is 11.5 Å². The average Bonchev–Trinajstić information content (AvgIpc) is 2.92. The monoisotopic (exact) mass is 366 g/mol. The Bertz CT molecular complexity index is 676. The highest BCUT2D eigenvalue weighted by Gasteiger charge is 2.38. The van der Waals surface area contributed by atoms with E-state index in [2.05, 4.69) is 15.3 Å². The molecule has 1 amide bonds. The number of alkyl halides is 6. The Labute approximate surface area is 137 Å². The zero-order chi connectivity index (χ0) is 18.8. The average molecular weight is 366 g/mol. The summed E-state index contributed by atoms with van der Waals surface area (Å²) in [7, 11) is 0. The summed E-state index contributed by atoms with van der Waals surface area (Å²) < 4.78 is 76.9. The van der Waals surface area contributed by atoms with Crippen molar-refractivity contribution in [3.63, 3.8) is 0 Å². The molecule has 1 N–H and O–H groups in total. The molecule has 0 aromatic heterocycles. The molecule has 0 aliphatic heterocycles. The van der Waals surface area contributed by atoms with Crippen molar-refractivity contribution in [2.24, 2.45) is 5.11 Å². The maximum atomic E-state index is 12.8. The van der Waals surface area contributed by atoms with Crippen molar-refractivity contribution in [3.05, 3.63) is 45.3 Å². The van der Waals surface area contributed by atoms with Gasteiger partial charge in [0, 0.05) is 16.5 Å². The first-order chi connectivity index (χ1) is 11.5. The Morgan fingerprint density at radius 3 is 2.12 bits per heavy atom. The summed E-state index contributed by atoms with van der Waals surface area (Å²) in [5.74, 6) is -1.08. The molecule has 0 radical (unpaired) electrons. The molecule has 1 unspecified atom stereocenters. The van der Waals surface area contributed by atoms with Crippen LogP contribution in [-0.4, -0.2) is 18.0 Å². The number of hydrogen-bond donors (Lipinski definition) is 1. The Morgan fingerprint density at radius 1 is 1.08 bits per heavy atom. The van der Waals surface area contributed by atoms with E-state index in [1.165, 1.54) is 0 Å². The first-order valence-corrected chi connectivity index (χ1v) is 7.17. The van der Waals surface area contributed by atoms with Gasteiger partial charge in [0.05, 0.1) is 17.2 Å². The number of rotatable bonds is 3. The summed E-state index contributed by atoms with van der Waals surface area (Å²) >= 11 is 0. The van der Waals surface area contributed by atoms with Gasteiger partial charge in [-0.3, -0.25) is 4.79 Å². The van der Waals surface area contributed by atoms with Gasteiger partial charge in [0.15, 0.2) is 0 Å². The maximum absolute atomic E-state index is 12.8. The lowest BCUT2D eigenvalue weighted by Gasteiger charge is -2.18. The molecule has 0 spiro atoms. The minimum absolute atomic E-state index is 0.0465. The molecule has 2 atom stereocenters. The normalized spacial score (nSPS) is 20.9. The second-order valence-corrected chi connectivity index (χ2v) is 5.58. The van der Waals surface area contributed by atoms with Crippen LogP contribution in [0.2, 0.25) is 0 Å². The topological polar surface area (TPSA) is 77.9 Å². The number of hydrogen-bond acceptors (Lipinski definition) is 2. The van der Waals surface area contributed by atoms with Crippen LogP contribution in [0.5, 0.6) is 0 Å². The van der Waals surface area contributed by atoms with Gasteiger partial charge < -0.3 is 5.32 Å². The van der Waals surface area contributed by atoms with Crippen LogP contribution >= 0.6 is 0 Å². The van der Waals surface area contributed by atoms with Crippen molar-refractivity contribution < 1.29 is 31.1 Å². The lowest BCUT2D eigenvalue weighted by molar-refractivity contribution is -0.143. The first-order valence-electron chi connectivity index (χ1n) is 7.17. The van der Waals surface area contributed by atoms with Crippen LogP contribution < -0.4 is 5.32 Å². The zero-order valence-corrected chi connectivity index (χ0v) is 12.5. The van der Waals surface area contributed by atoms with Crippen molar-refractivity contribution in [2.45, 2.75) is 43.7 Å². The van der Waals surface area contributed by atoms with E-state index in [9.17, 15) is 31.1 Å². The fraction of sp³-hybridized carbons (Fsp3) is 0.500. The Balaban J connectivity index is 2.34. The number of halogens is 6. The Kier molecular flexibility index (Phi) is 5.17. The molecular weight excluding hydrogens is 354 g/mol. The smallest absolute Gasteiger partial charge is 0.349 e. The van der Waals surface area contributed by atoms with E-state index in [-0.39, 0.29) is 6.07 Å². The van der Waals surface area contributed by atoms with Crippen LogP contribution in [0.25, 0.3) is 10.4 Å². The summed E-state index contributed by atoms with van der Waals surface area (Å²) in [4.78, 5) is 14.7. The van der Waals surface area contributed by atoms with E-state index < -0.39 is 47.0 Å². The predicted molar refractivity (Wildman–Crippen MR) is 74.5 cm³/mol. The van der Waals surface area contributed by atoms with Crippen LogP contribution in [-0.2, 0) is 12.4 Å². The summed E-state index contributed by atoms with van der Waals surface area (Å²) in [6.45, 7) is 0. The molecule has 1 saturated carbocycles. The van der Waals surface area contributed by atoms with Gasteiger partial charge in [-0.05, 0) is 36.6 Å². The molecule has 25 heavy (non-hydrogen) atoms. The van der Waals surface area contributed by atoms with E-state index >= 15 is 0 Å². The molecule has 2 rings (SSSR count). The highest BCUT2D eigenvalue weighted by Crippen LogP contribution is 2.36. The van der Waals surface area contributed by atoms with Crippen LogP contribution in [0.15, 0.2) is 23.3 Å². The quantitative estimate of drug-likeness (QED) is 0.358. The van der Waals surface area contributed by atoms with E-state index in [1.54, 1.807) is 0 Å². The minimum atomic E-state index is -5.03. The van der Waals surface area contributed by atoms with Crippen LogP contribution in [0.4, 0.5) is 26.3 Å². The maximum Gasteiger partial charge on any atom is 0.416 e. The van der Waals surface area contributed by atoms with E-state index in [0.717, 1.165) is 0 Å². The summed E-state index contributed by atoms with van der Waals surface area (Å²) in [5, 5.41) is 5.82. The molecule has 1 aliphatic rings. The third kappa shape index (κ3) is 4.56. The number of carbonyl (C=O) groups excluding carboxylic acids is 1. The summed E-state index contributed by atoms with van der Waals surface area (Å²) in [6.07, 6.45) is -8.55. The molecule has 0 saturated heterocycles. The van der Waals surface area contributed by atoms with Crippen molar-refractivity contribution in [1.82, 2.24) is 5.32 Å². The van der Waals surface area contributed by atoms with E-state index in [4.69, 9.17) is 5.53 Å². The van der Waals surface area contributed by atoms with Crippen LogP contribution in [0.1, 0.15) is 40.7 Å². The molecule has 0 bridgehead atoms. The molecule has 0 heterocycles. The summed E-state index contributed by atoms with van der Waals surface area (Å²) in [5.41, 5.74) is 4.56. The number of amides is 1. The molecule has 1 aromatic carbocycles. The van der Waals surface area contributed by atoms with Gasteiger partial charge in [-0.2, -0.15) is 26.3 Å². The van der Waals surface area contributed by atoms with Gasteiger partial charge in [0.1, 0.15) is 0 Å². The Hall–Kier alpha value is -2.42. The largest absolute Gasteiger partial charge is 0.416 e. The standard InChI is InChI=1S/C14H12F6N4O/c15-13(16,17)8-4-7(5-9(6-8)14(18,19)20)12(25)22-10-2-1-3-11(10)23-24-21/h4-6,10-11H,1-3H2,(H,22,25)/t10-,11?/m1/s1. The lowest BCUT2D eigenvalue weighted by atomic mass is 10.0. The van der Waals surface area contributed by atoms with Crippen LogP contribution in [0.3, 0.4) is 0 Å². The van der Waals surface area contributed by atoms with E-state index in [1.807, 2.05) is 0 Å². The first kappa shape index (κ1) is 18.9. The van der Waals surface area contributed by atoms with Crippen molar-refractivity contribution in [2.75, 3.05) is 0 Å². The van der Waals surface area contributed by atoms with Gasteiger partial charge in [0.25, 0.3) is 5.91 Å². The van der Waals surface area contributed by atoms with E-state index in [0.29, 0.717) is 31.4 Å². The van der Waals surface area contributed by atoms with Crippen LogP contribution in [0, 0.1) is 0 Å². The van der Waals surface area contributed by atoms with Gasteiger partial charge in [0.2, 0.25) is 0 Å². The molecule has 136 valence electrons. The van der Waals surface area contributed by atoms with Crippen molar-refractivity contribution in [3.8, 4) is 0 Å². The summed E-state index contributed by atoms with van der Waals surface area (Å²) in [6, 6.07) is -0.534. The third-order valence-corrected chi connectivity index (χ3v) is 3.85. The minimum Gasteiger partial charge on any atom is -0.349 e. The molecule has 1 aliphatic carbocycles. The fourth-order valence-corrected chi connectivity index (χ4v) is 2.65. The Morgan fingerprint density at radius 2 is 1.64 bits per heavy atom. The number of azide groups is 1. The molecule has 1 fully saturated rings. The predicted octanol–water partition coefficient (Wildman–Crippen LogP) is 4.69. The van der Waals surface area contributed by atoms with Gasteiger partial charge in [-0.25, -0.2) is 0 Å². The molecule has 5 nitrogen and oxygen atoms in total. The van der Waals surface area contributed by atoms with Crippen molar-refractivity contribution in [1.29, 1.82) is 0 Å². The third-order valence-electron chi connectivity index (χ3n) is 3.85. The highest BCUT2D eigenvalue weighted by molar-refractivity contribution is 5.95. The van der Waals surface area contributed by atoms with Crippen molar-refractivity contribution >= 4 is 5.91 Å². The lowest BCUT2D eigenvalue weighted by Crippen LogP contribution is -2.39. The molecule has 1 aromatic rings. The second-order valence-electron chi connectivity index (χ2n) is 5.58. The number of nitrogens with zero attached hydrogens (tertiary/aromatic N) is 3. The van der Waals surface area contributed by atoms with Gasteiger partial charge >= 0.3 is 12.4 Å². The number of nitrogens with one attached hydrogen (secondary N) is 1. The number of carbonyl (C=O) groups is 1. The highest BCUT2D eigenvalue weighted by atomic mass is 19.4. The zero-order valence-electron chi connectivity index (χ0n) is 12.5. The van der Waals surface area contributed by atoms with Gasteiger partial charge in [-0.15, -0.1) is 0 Å². The number of benzene rings is 1.